The summed E-state index contributed by atoms with van der Waals surface area (Å²) in [4.78, 5) is 12.4. The topological polar surface area (TPSA) is 60.1 Å². The summed E-state index contributed by atoms with van der Waals surface area (Å²) in [5, 5.41) is 3.19. The van der Waals surface area contributed by atoms with Crippen LogP contribution in [0.2, 0.25) is 0 Å². The highest BCUT2D eigenvalue weighted by molar-refractivity contribution is 5.94. The number of aromatic nitrogens is 1. The summed E-state index contributed by atoms with van der Waals surface area (Å²) in [6.45, 7) is 2.14. The third-order valence-corrected chi connectivity index (χ3v) is 4.17. The maximum Gasteiger partial charge on any atom is 0.268 e. The monoisotopic (exact) mass is 247 g/mol. The zero-order chi connectivity index (χ0) is 12.8. The second-order valence-corrected chi connectivity index (χ2v) is 6.02. The molecule has 98 valence electrons. The molecule has 3 rings (SSSR count). The van der Waals surface area contributed by atoms with E-state index >= 15 is 0 Å². The maximum atomic E-state index is 12.4. The van der Waals surface area contributed by atoms with Gasteiger partial charge in [0.05, 0.1) is 5.69 Å². The third kappa shape index (κ3) is 2.11. The standard InChI is InChI=1S/C14H21N3O/c1-14(6-2-3-7-14)16-13(18)12-8-10(15)9-17(12)11-4-5-11/h8-9,11H,2-7,15H2,1H3,(H,16,18). The van der Waals surface area contributed by atoms with Crippen LogP contribution in [0.3, 0.4) is 0 Å². The molecule has 0 atom stereocenters. The lowest BCUT2D eigenvalue weighted by Gasteiger charge is -2.25. The predicted molar refractivity (Wildman–Crippen MR) is 71.5 cm³/mol. The molecule has 0 radical (unpaired) electrons. The molecule has 4 nitrogen and oxygen atoms in total. The minimum atomic E-state index is -0.0233. The molecule has 2 fully saturated rings. The van der Waals surface area contributed by atoms with Gasteiger partial charge in [0.15, 0.2) is 0 Å². The Balaban J connectivity index is 1.79. The van der Waals surface area contributed by atoms with E-state index in [0.717, 1.165) is 31.4 Å². The molecular weight excluding hydrogens is 226 g/mol. The van der Waals surface area contributed by atoms with E-state index in [1.54, 1.807) is 6.07 Å². The van der Waals surface area contributed by atoms with Crippen LogP contribution < -0.4 is 11.1 Å². The fourth-order valence-corrected chi connectivity index (χ4v) is 2.96. The Morgan fingerprint density at radius 1 is 1.44 bits per heavy atom. The van der Waals surface area contributed by atoms with E-state index in [9.17, 15) is 4.79 Å². The van der Waals surface area contributed by atoms with E-state index < -0.39 is 0 Å². The highest BCUT2D eigenvalue weighted by Gasteiger charge is 2.33. The summed E-state index contributed by atoms with van der Waals surface area (Å²) in [6.07, 6.45) is 8.79. The Morgan fingerprint density at radius 2 is 2.11 bits per heavy atom. The number of anilines is 1. The molecule has 1 aromatic rings. The van der Waals surface area contributed by atoms with Crippen molar-refractivity contribution in [1.82, 2.24) is 9.88 Å². The van der Waals surface area contributed by atoms with Gasteiger partial charge in [-0.1, -0.05) is 12.8 Å². The molecule has 2 aliphatic carbocycles. The van der Waals surface area contributed by atoms with E-state index in [4.69, 9.17) is 5.73 Å². The third-order valence-electron chi connectivity index (χ3n) is 4.17. The fourth-order valence-electron chi connectivity index (χ4n) is 2.96. The molecule has 0 unspecified atom stereocenters. The van der Waals surface area contributed by atoms with Gasteiger partial charge in [-0.25, -0.2) is 0 Å². The van der Waals surface area contributed by atoms with E-state index in [2.05, 4.69) is 12.2 Å². The lowest BCUT2D eigenvalue weighted by Crippen LogP contribution is -2.44. The van der Waals surface area contributed by atoms with Crippen molar-refractivity contribution in [2.24, 2.45) is 0 Å². The van der Waals surface area contributed by atoms with Crippen LogP contribution in [0.5, 0.6) is 0 Å². The van der Waals surface area contributed by atoms with E-state index in [0.29, 0.717) is 11.7 Å². The zero-order valence-electron chi connectivity index (χ0n) is 10.9. The molecule has 2 aliphatic rings. The molecule has 18 heavy (non-hydrogen) atoms. The van der Waals surface area contributed by atoms with Crippen LogP contribution in [-0.4, -0.2) is 16.0 Å². The molecule has 4 heteroatoms. The molecule has 0 bridgehead atoms. The maximum absolute atomic E-state index is 12.4. The van der Waals surface area contributed by atoms with Gasteiger partial charge in [0.1, 0.15) is 5.69 Å². The number of nitrogens with zero attached hydrogens (tertiary/aromatic N) is 1. The molecule has 3 N–H and O–H groups in total. The summed E-state index contributed by atoms with van der Waals surface area (Å²) in [7, 11) is 0. The minimum Gasteiger partial charge on any atom is -0.397 e. The van der Waals surface area contributed by atoms with Gasteiger partial charge in [-0.2, -0.15) is 0 Å². The minimum absolute atomic E-state index is 0.0233. The van der Waals surface area contributed by atoms with Crippen molar-refractivity contribution in [2.45, 2.75) is 57.0 Å². The second-order valence-electron chi connectivity index (χ2n) is 6.02. The average molecular weight is 247 g/mol. The summed E-state index contributed by atoms with van der Waals surface area (Å²) >= 11 is 0. The number of carbonyl (C=O) groups excluding carboxylic acids is 1. The van der Waals surface area contributed by atoms with Crippen LogP contribution in [0.15, 0.2) is 12.3 Å². The molecule has 0 saturated heterocycles. The highest BCUT2D eigenvalue weighted by atomic mass is 16.2. The van der Waals surface area contributed by atoms with Crippen molar-refractivity contribution in [3.05, 3.63) is 18.0 Å². The van der Waals surface area contributed by atoms with Crippen molar-refractivity contribution in [3.8, 4) is 0 Å². The van der Waals surface area contributed by atoms with Crippen LogP contribution >= 0.6 is 0 Å². The normalized spacial score (nSPS) is 22.1. The van der Waals surface area contributed by atoms with Crippen LogP contribution in [-0.2, 0) is 0 Å². The van der Waals surface area contributed by atoms with Crippen LogP contribution in [0.4, 0.5) is 5.69 Å². The first-order valence-electron chi connectivity index (χ1n) is 6.87. The molecule has 1 aromatic heterocycles. The summed E-state index contributed by atoms with van der Waals surface area (Å²) in [5.41, 5.74) is 7.21. The molecular formula is C14H21N3O. The first-order valence-corrected chi connectivity index (χ1v) is 6.87. The number of nitrogen functional groups attached to an aromatic ring is 1. The summed E-state index contributed by atoms with van der Waals surface area (Å²) in [6, 6.07) is 2.28. The summed E-state index contributed by atoms with van der Waals surface area (Å²) < 4.78 is 2.04. The van der Waals surface area contributed by atoms with Gasteiger partial charge in [0, 0.05) is 17.8 Å². The number of carbonyl (C=O) groups is 1. The van der Waals surface area contributed by atoms with Crippen molar-refractivity contribution in [1.29, 1.82) is 0 Å². The Kier molecular flexibility index (Phi) is 2.61. The number of nitrogens with two attached hydrogens (primary N) is 1. The number of hydrogen-bond donors (Lipinski definition) is 2. The number of rotatable bonds is 3. The summed E-state index contributed by atoms with van der Waals surface area (Å²) in [5.74, 6) is 0.0306. The van der Waals surface area contributed by atoms with Crippen molar-refractivity contribution < 1.29 is 4.79 Å². The zero-order valence-corrected chi connectivity index (χ0v) is 10.9. The molecule has 0 spiro atoms. The van der Waals surface area contributed by atoms with Gasteiger partial charge < -0.3 is 15.6 Å². The van der Waals surface area contributed by atoms with Gasteiger partial charge in [0.2, 0.25) is 0 Å². The van der Waals surface area contributed by atoms with Gasteiger partial charge in [0.25, 0.3) is 5.91 Å². The second kappa shape index (κ2) is 4.04. The predicted octanol–water partition coefficient (Wildman–Crippen LogP) is 2.47. The SMILES string of the molecule is CC1(NC(=O)c2cc(N)cn2C2CC2)CCCC1. The Labute approximate surface area is 108 Å². The van der Waals surface area contributed by atoms with E-state index in [1.165, 1.54) is 12.8 Å². The largest absolute Gasteiger partial charge is 0.397 e. The van der Waals surface area contributed by atoms with E-state index in [-0.39, 0.29) is 11.4 Å². The highest BCUT2D eigenvalue weighted by Crippen LogP contribution is 2.37. The van der Waals surface area contributed by atoms with Crippen molar-refractivity contribution >= 4 is 11.6 Å². The smallest absolute Gasteiger partial charge is 0.268 e. The molecule has 0 aliphatic heterocycles. The number of nitrogens with one attached hydrogen (secondary N) is 1. The fraction of sp³-hybridized carbons (Fsp3) is 0.643. The molecule has 1 heterocycles. The Morgan fingerprint density at radius 3 is 2.72 bits per heavy atom. The van der Waals surface area contributed by atoms with Crippen molar-refractivity contribution in [2.75, 3.05) is 5.73 Å². The number of hydrogen-bond acceptors (Lipinski definition) is 2. The quantitative estimate of drug-likeness (QED) is 0.862. The van der Waals surface area contributed by atoms with Gasteiger partial charge in [-0.05, 0) is 38.7 Å². The lowest BCUT2D eigenvalue weighted by atomic mass is 10.0. The first-order chi connectivity index (χ1) is 8.57. The number of amides is 1. The Hall–Kier alpha value is -1.45. The lowest BCUT2D eigenvalue weighted by molar-refractivity contribution is 0.0898. The van der Waals surface area contributed by atoms with Crippen molar-refractivity contribution in [3.63, 3.8) is 0 Å². The van der Waals surface area contributed by atoms with E-state index in [1.807, 2.05) is 10.8 Å². The van der Waals surface area contributed by atoms with Gasteiger partial charge in [-0.3, -0.25) is 4.79 Å². The van der Waals surface area contributed by atoms with Gasteiger partial charge in [-0.15, -0.1) is 0 Å². The van der Waals surface area contributed by atoms with Gasteiger partial charge >= 0.3 is 0 Å². The van der Waals surface area contributed by atoms with Crippen LogP contribution in [0.1, 0.15) is 62.0 Å². The molecule has 0 aromatic carbocycles. The van der Waals surface area contributed by atoms with Crippen LogP contribution in [0.25, 0.3) is 0 Å². The Bertz CT molecular complexity index is 467. The van der Waals surface area contributed by atoms with Crippen LogP contribution in [0, 0.1) is 0 Å². The first kappa shape index (κ1) is 11.6. The molecule has 2 saturated carbocycles. The average Bonchev–Trinajstić information content (AvgIpc) is 2.96. The molecule has 1 amide bonds.